The van der Waals surface area contributed by atoms with Gasteiger partial charge in [0.2, 0.25) is 0 Å². The van der Waals surface area contributed by atoms with Crippen molar-refractivity contribution >= 4 is 0 Å². The summed E-state index contributed by atoms with van der Waals surface area (Å²) in [6, 6.07) is 0. The second kappa shape index (κ2) is 16.8. The minimum absolute atomic E-state index is 0.894. The molecule has 0 aliphatic heterocycles. The molecule has 0 spiro atoms. The van der Waals surface area contributed by atoms with Gasteiger partial charge in [0.05, 0.1) is 0 Å². The van der Waals surface area contributed by atoms with E-state index in [1.54, 1.807) is 0 Å². The van der Waals surface area contributed by atoms with Gasteiger partial charge in [0.25, 0.3) is 0 Å². The fraction of sp³-hybridized carbons (Fsp3) is 0.900. The van der Waals surface area contributed by atoms with Gasteiger partial charge in [-0.25, -0.2) is 0 Å². The molecular formula is C20H40. The zero-order valence-electron chi connectivity index (χ0n) is 14.6. The Morgan fingerprint density at radius 1 is 0.600 bits per heavy atom. The summed E-state index contributed by atoms with van der Waals surface area (Å²) < 4.78 is 0. The summed E-state index contributed by atoms with van der Waals surface area (Å²) in [5, 5.41) is 0. The Balaban J connectivity index is 3.02. The summed E-state index contributed by atoms with van der Waals surface area (Å²) in [7, 11) is 0. The summed E-state index contributed by atoms with van der Waals surface area (Å²) >= 11 is 0. The zero-order chi connectivity index (χ0) is 14.9. The van der Waals surface area contributed by atoms with E-state index in [9.17, 15) is 0 Å². The average molecular weight is 281 g/mol. The molecule has 120 valence electrons. The molecule has 0 aliphatic carbocycles. The summed E-state index contributed by atoms with van der Waals surface area (Å²) in [5.74, 6) is 0.894. The van der Waals surface area contributed by atoms with Gasteiger partial charge in [-0.05, 0) is 31.6 Å². The molecule has 0 nitrogen and oxygen atoms in total. The SMILES string of the molecule is CCCCC/C=C\CCCCCCCCCCC(C)C. The first-order valence-electron chi connectivity index (χ1n) is 9.42. The van der Waals surface area contributed by atoms with Crippen LogP contribution in [0.1, 0.15) is 111 Å². The van der Waals surface area contributed by atoms with Crippen LogP contribution in [-0.4, -0.2) is 0 Å². The van der Waals surface area contributed by atoms with Gasteiger partial charge in [0, 0.05) is 0 Å². The Labute approximate surface area is 129 Å². The van der Waals surface area contributed by atoms with Crippen LogP contribution in [0, 0.1) is 5.92 Å². The lowest BCUT2D eigenvalue weighted by molar-refractivity contribution is 0.507. The van der Waals surface area contributed by atoms with Crippen LogP contribution >= 0.6 is 0 Å². The maximum absolute atomic E-state index is 2.40. The molecule has 20 heavy (non-hydrogen) atoms. The third-order valence-electron chi connectivity index (χ3n) is 4.04. The molecule has 0 saturated heterocycles. The molecule has 0 aliphatic rings. The van der Waals surface area contributed by atoms with Crippen LogP contribution in [0.25, 0.3) is 0 Å². The van der Waals surface area contributed by atoms with E-state index in [1.807, 2.05) is 0 Å². The van der Waals surface area contributed by atoms with Crippen molar-refractivity contribution in [2.24, 2.45) is 5.92 Å². The van der Waals surface area contributed by atoms with Crippen LogP contribution in [-0.2, 0) is 0 Å². The minimum atomic E-state index is 0.894. The van der Waals surface area contributed by atoms with Gasteiger partial charge < -0.3 is 0 Å². The number of hydrogen-bond donors (Lipinski definition) is 0. The predicted molar refractivity (Wildman–Crippen MR) is 94.3 cm³/mol. The third-order valence-corrected chi connectivity index (χ3v) is 4.04. The van der Waals surface area contributed by atoms with Crippen molar-refractivity contribution in [1.82, 2.24) is 0 Å². The quantitative estimate of drug-likeness (QED) is 0.213. The van der Waals surface area contributed by atoms with Gasteiger partial charge in [-0.1, -0.05) is 97.1 Å². The van der Waals surface area contributed by atoms with E-state index in [1.165, 1.54) is 89.9 Å². The highest BCUT2D eigenvalue weighted by atomic mass is 14.0. The molecule has 0 heterocycles. The van der Waals surface area contributed by atoms with Crippen molar-refractivity contribution < 1.29 is 0 Å². The Morgan fingerprint density at radius 2 is 1.05 bits per heavy atom. The third kappa shape index (κ3) is 17.7. The van der Waals surface area contributed by atoms with Crippen molar-refractivity contribution in [3.8, 4) is 0 Å². The van der Waals surface area contributed by atoms with E-state index in [0.717, 1.165) is 5.92 Å². The second-order valence-electron chi connectivity index (χ2n) is 6.77. The fourth-order valence-electron chi connectivity index (χ4n) is 2.62. The molecule has 0 rings (SSSR count). The monoisotopic (exact) mass is 280 g/mol. The summed E-state index contributed by atoms with van der Waals surface area (Å²) in [5.41, 5.74) is 0. The van der Waals surface area contributed by atoms with Crippen LogP contribution in [0.5, 0.6) is 0 Å². The number of rotatable bonds is 15. The van der Waals surface area contributed by atoms with Crippen molar-refractivity contribution in [1.29, 1.82) is 0 Å². The van der Waals surface area contributed by atoms with Crippen LogP contribution in [0.3, 0.4) is 0 Å². The lowest BCUT2D eigenvalue weighted by Crippen LogP contribution is -1.87. The van der Waals surface area contributed by atoms with Gasteiger partial charge in [-0.15, -0.1) is 0 Å². The highest BCUT2D eigenvalue weighted by molar-refractivity contribution is 4.81. The Bertz CT molecular complexity index is 190. The number of unbranched alkanes of at least 4 members (excludes halogenated alkanes) is 11. The fourth-order valence-corrected chi connectivity index (χ4v) is 2.62. The summed E-state index contributed by atoms with van der Waals surface area (Å²) in [6.45, 7) is 6.94. The van der Waals surface area contributed by atoms with Crippen molar-refractivity contribution in [2.75, 3.05) is 0 Å². The lowest BCUT2D eigenvalue weighted by atomic mass is 10.0. The molecule has 0 atom stereocenters. The lowest BCUT2D eigenvalue weighted by Gasteiger charge is -2.04. The maximum Gasteiger partial charge on any atom is -0.0351 e. The highest BCUT2D eigenvalue weighted by Crippen LogP contribution is 2.13. The average Bonchev–Trinajstić information content (AvgIpc) is 2.43. The molecule has 0 amide bonds. The maximum atomic E-state index is 2.40. The molecule has 0 heteroatoms. The molecule has 0 saturated carbocycles. The predicted octanol–water partition coefficient (Wildman–Crippen LogP) is 7.68. The van der Waals surface area contributed by atoms with Crippen LogP contribution < -0.4 is 0 Å². The molecule has 0 fully saturated rings. The molecule has 0 aromatic heterocycles. The largest absolute Gasteiger partial charge is 0.0885 e. The minimum Gasteiger partial charge on any atom is -0.0885 e. The molecule has 0 radical (unpaired) electrons. The van der Waals surface area contributed by atoms with Gasteiger partial charge >= 0.3 is 0 Å². The topological polar surface area (TPSA) is 0 Å². The van der Waals surface area contributed by atoms with Gasteiger partial charge in [-0.2, -0.15) is 0 Å². The smallest absolute Gasteiger partial charge is 0.0351 e. The van der Waals surface area contributed by atoms with Gasteiger partial charge in [0.1, 0.15) is 0 Å². The number of hydrogen-bond acceptors (Lipinski definition) is 0. The van der Waals surface area contributed by atoms with Gasteiger partial charge in [0.15, 0.2) is 0 Å². The molecule has 0 bridgehead atoms. The molecule has 0 N–H and O–H groups in total. The van der Waals surface area contributed by atoms with E-state index >= 15 is 0 Å². The van der Waals surface area contributed by atoms with E-state index in [4.69, 9.17) is 0 Å². The van der Waals surface area contributed by atoms with E-state index in [2.05, 4.69) is 32.9 Å². The highest BCUT2D eigenvalue weighted by Gasteiger charge is 1.95. The van der Waals surface area contributed by atoms with Crippen molar-refractivity contribution in [3.63, 3.8) is 0 Å². The molecule has 0 aromatic carbocycles. The van der Waals surface area contributed by atoms with E-state index in [0.29, 0.717) is 0 Å². The Hall–Kier alpha value is -0.260. The first-order valence-corrected chi connectivity index (χ1v) is 9.42. The summed E-state index contributed by atoms with van der Waals surface area (Å²) in [6.07, 6.45) is 24.5. The second-order valence-corrected chi connectivity index (χ2v) is 6.77. The van der Waals surface area contributed by atoms with Crippen molar-refractivity contribution in [2.45, 2.75) is 111 Å². The molecular weight excluding hydrogens is 240 g/mol. The summed E-state index contributed by atoms with van der Waals surface area (Å²) in [4.78, 5) is 0. The van der Waals surface area contributed by atoms with Crippen LogP contribution in [0.2, 0.25) is 0 Å². The molecule has 0 aromatic rings. The first kappa shape index (κ1) is 19.7. The Morgan fingerprint density at radius 3 is 1.55 bits per heavy atom. The number of allylic oxidation sites excluding steroid dienone is 2. The van der Waals surface area contributed by atoms with Crippen LogP contribution in [0.15, 0.2) is 12.2 Å². The van der Waals surface area contributed by atoms with E-state index in [-0.39, 0.29) is 0 Å². The van der Waals surface area contributed by atoms with Gasteiger partial charge in [-0.3, -0.25) is 0 Å². The zero-order valence-corrected chi connectivity index (χ0v) is 14.6. The van der Waals surface area contributed by atoms with Crippen LogP contribution in [0.4, 0.5) is 0 Å². The van der Waals surface area contributed by atoms with E-state index < -0.39 is 0 Å². The molecule has 0 unspecified atom stereocenters. The first-order chi connectivity index (χ1) is 9.77. The Kier molecular flexibility index (Phi) is 16.6. The standard InChI is InChI=1S/C20H40/c1-4-5-6-7-8-9-10-11-12-13-14-15-16-17-18-19-20(2)3/h8-9,20H,4-7,10-19H2,1-3H3/b9-8-. The van der Waals surface area contributed by atoms with Crippen molar-refractivity contribution in [3.05, 3.63) is 12.2 Å². The normalized spacial score (nSPS) is 11.8.